The van der Waals surface area contributed by atoms with Crippen molar-refractivity contribution in [1.29, 1.82) is 0 Å². The first-order chi connectivity index (χ1) is 25.9. The minimum atomic E-state index is -1.04. The number of nitrogens with zero attached hydrogens (tertiary/aromatic N) is 1. The highest BCUT2D eigenvalue weighted by molar-refractivity contribution is 6.22. The molecular formula is C45H42N2O6. The van der Waals surface area contributed by atoms with E-state index < -0.39 is 30.5 Å². The summed E-state index contributed by atoms with van der Waals surface area (Å²) in [7, 11) is 0. The van der Waals surface area contributed by atoms with Crippen LogP contribution < -0.4 is 15.0 Å². The number of imide groups is 1. The molecule has 0 radical (unpaired) electrons. The van der Waals surface area contributed by atoms with Crippen molar-refractivity contribution < 1.29 is 29.6 Å². The van der Waals surface area contributed by atoms with Gasteiger partial charge in [0.15, 0.2) is 0 Å². The molecule has 8 nitrogen and oxygen atoms in total. The predicted molar refractivity (Wildman–Crippen MR) is 207 cm³/mol. The summed E-state index contributed by atoms with van der Waals surface area (Å²) in [5.74, 6) is -2.28. The number of carbonyl (C=O) groups is 2. The summed E-state index contributed by atoms with van der Waals surface area (Å²) in [6.45, 7) is -0.328. The zero-order chi connectivity index (χ0) is 36.7. The maximum Gasteiger partial charge on any atom is 0.238 e. The molecule has 4 atom stereocenters. The topological polar surface area (TPSA) is 119 Å². The van der Waals surface area contributed by atoms with Crippen LogP contribution >= 0.6 is 0 Å². The number of anilines is 3. The monoisotopic (exact) mass is 706 g/mol. The first-order valence-electron chi connectivity index (χ1n) is 17.9. The van der Waals surface area contributed by atoms with E-state index in [1.54, 1.807) is 24.3 Å². The minimum absolute atomic E-state index is 0.0940. The Morgan fingerprint density at radius 3 is 2.09 bits per heavy atom. The largest absolute Gasteiger partial charge is 0.507 e. The first kappa shape index (κ1) is 35.4. The zero-order valence-corrected chi connectivity index (χ0v) is 29.2. The summed E-state index contributed by atoms with van der Waals surface area (Å²) in [5.41, 5.74) is 5.94. The molecule has 5 aromatic carbocycles. The maximum absolute atomic E-state index is 14.2. The SMILES string of the molecule is O=C1[C@@H]2[C@@H](CC(COc3ccccc3)=C([C@H](O)CC/C(=C/c3ccccc3O)c3ccccc3)[C@@H]2CO)C(=O)N1c1ccc(Nc2ccccc2)cc1. The quantitative estimate of drug-likeness (QED) is 0.0557. The fourth-order valence-electron chi connectivity index (χ4n) is 7.61. The Balaban J connectivity index is 1.18. The predicted octanol–water partition coefficient (Wildman–Crippen LogP) is 8.01. The van der Waals surface area contributed by atoms with Crippen molar-refractivity contribution in [2.45, 2.75) is 25.4 Å². The van der Waals surface area contributed by atoms with Crippen LogP contribution in [0, 0.1) is 17.8 Å². The Hall–Kier alpha value is -5.96. The zero-order valence-electron chi connectivity index (χ0n) is 29.2. The van der Waals surface area contributed by atoms with E-state index in [1.807, 2.05) is 121 Å². The molecule has 1 saturated heterocycles. The average Bonchev–Trinajstić information content (AvgIpc) is 3.45. The van der Waals surface area contributed by atoms with Crippen molar-refractivity contribution in [3.63, 3.8) is 0 Å². The average molecular weight is 707 g/mol. The molecule has 2 amide bonds. The van der Waals surface area contributed by atoms with Gasteiger partial charge in [0.25, 0.3) is 0 Å². The summed E-state index contributed by atoms with van der Waals surface area (Å²) < 4.78 is 6.18. The Morgan fingerprint density at radius 2 is 1.42 bits per heavy atom. The Labute approximate surface area is 309 Å². The fraction of sp³-hybridized carbons (Fsp3) is 0.200. The molecule has 8 heteroatoms. The maximum atomic E-state index is 14.2. The molecule has 4 N–H and O–H groups in total. The van der Waals surface area contributed by atoms with Crippen LogP contribution in [0.1, 0.15) is 30.4 Å². The number of benzene rings is 5. The van der Waals surface area contributed by atoms with Crippen LogP contribution in [0.4, 0.5) is 17.1 Å². The number of aliphatic hydroxyl groups is 2. The van der Waals surface area contributed by atoms with Crippen molar-refractivity contribution in [1.82, 2.24) is 0 Å². The van der Waals surface area contributed by atoms with Gasteiger partial charge in [-0.2, -0.15) is 0 Å². The molecule has 0 unspecified atom stereocenters. The van der Waals surface area contributed by atoms with E-state index in [2.05, 4.69) is 5.32 Å². The number of ether oxygens (including phenoxy) is 1. The lowest BCUT2D eigenvalue weighted by atomic mass is 9.68. The van der Waals surface area contributed by atoms with Gasteiger partial charge in [-0.3, -0.25) is 14.5 Å². The van der Waals surface area contributed by atoms with Crippen LogP contribution in [0.2, 0.25) is 0 Å². The summed E-state index contributed by atoms with van der Waals surface area (Å²) in [6.07, 6.45) is 1.80. The Bertz CT molecular complexity index is 2100. The normalized spacial score (nSPS) is 19.2. The minimum Gasteiger partial charge on any atom is -0.507 e. The Morgan fingerprint density at radius 1 is 0.792 bits per heavy atom. The van der Waals surface area contributed by atoms with Crippen LogP contribution in [0.3, 0.4) is 0 Å². The molecule has 1 fully saturated rings. The Kier molecular flexibility index (Phi) is 10.8. The van der Waals surface area contributed by atoms with E-state index in [0.29, 0.717) is 34.6 Å². The molecule has 0 aromatic heterocycles. The molecule has 1 aliphatic carbocycles. The number of phenols is 1. The van der Waals surface area contributed by atoms with Gasteiger partial charge in [-0.1, -0.05) is 84.9 Å². The fourth-order valence-corrected chi connectivity index (χ4v) is 7.61. The van der Waals surface area contributed by atoms with Crippen LogP contribution in [-0.2, 0) is 9.59 Å². The number of para-hydroxylation sites is 3. The van der Waals surface area contributed by atoms with Crippen molar-refractivity contribution in [2.24, 2.45) is 17.8 Å². The van der Waals surface area contributed by atoms with E-state index >= 15 is 0 Å². The molecule has 268 valence electrons. The van der Waals surface area contributed by atoms with E-state index in [-0.39, 0.29) is 37.0 Å². The van der Waals surface area contributed by atoms with E-state index in [4.69, 9.17) is 4.74 Å². The van der Waals surface area contributed by atoms with Crippen LogP contribution in [-0.4, -0.2) is 46.5 Å². The van der Waals surface area contributed by atoms with Gasteiger partial charge in [0, 0.05) is 22.9 Å². The summed E-state index contributed by atoms with van der Waals surface area (Å²) in [4.78, 5) is 29.6. The second-order valence-corrected chi connectivity index (χ2v) is 13.5. The van der Waals surface area contributed by atoms with Crippen molar-refractivity contribution >= 4 is 40.5 Å². The van der Waals surface area contributed by atoms with Gasteiger partial charge in [0.05, 0.1) is 30.2 Å². The molecule has 0 bridgehead atoms. The van der Waals surface area contributed by atoms with E-state index in [0.717, 1.165) is 22.5 Å². The third kappa shape index (κ3) is 7.79. The highest BCUT2D eigenvalue weighted by Gasteiger charge is 2.55. The van der Waals surface area contributed by atoms with E-state index in [1.165, 1.54) is 4.90 Å². The summed E-state index contributed by atoms with van der Waals surface area (Å²) >= 11 is 0. The molecule has 0 saturated carbocycles. The lowest BCUT2D eigenvalue weighted by Crippen LogP contribution is -2.40. The summed E-state index contributed by atoms with van der Waals surface area (Å²) in [5, 5.41) is 36.9. The van der Waals surface area contributed by atoms with Crippen molar-refractivity contribution in [3.8, 4) is 11.5 Å². The summed E-state index contributed by atoms with van der Waals surface area (Å²) in [6, 6.07) is 43.0. The lowest BCUT2D eigenvalue weighted by molar-refractivity contribution is -0.123. The number of hydrogen-bond acceptors (Lipinski definition) is 7. The van der Waals surface area contributed by atoms with Crippen molar-refractivity contribution in [2.75, 3.05) is 23.4 Å². The number of aliphatic hydroxyl groups excluding tert-OH is 2. The molecule has 0 spiro atoms. The van der Waals surface area contributed by atoms with Crippen LogP contribution in [0.5, 0.6) is 11.5 Å². The molecule has 53 heavy (non-hydrogen) atoms. The van der Waals surface area contributed by atoms with Crippen LogP contribution in [0.15, 0.2) is 151 Å². The molecule has 7 rings (SSSR count). The van der Waals surface area contributed by atoms with Gasteiger partial charge in [-0.15, -0.1) is 0 Å². The molecular weight excluding hydrogens is 665 g/mol. The lowest BCUT2D eigenvalue weighted by Gasteiger charge is -2.36. The van der Waals surface area contributed by atoms with E-state index in [9.17, 15) is 24.9 Å². The number of hydrogen-bond donors (Lipinski definition) is 4. The van der Waals surface area contributed by atoms with Gasteiger partial charge in [0.2, 0.25) is 11.8 Å². The number of amides is 2. The number of fused-ring (bicyclic) bond motifs is 1. The van der Waals surface area contributed by atoms with Gasteiger partial charge < -0.3 is 25.4 Å². The third-order valence-electron chi connectivity index (χ3n) is 10.2. The molecule has 1 heterocycles. The van der Waals surface area contributed by atoms with Gasteiger partial charge in [-0.25, -0.2) is 0 Å². The second-order valence-electron chi connectivity index (χ2n) is 13.5. The van der Waals surface area contributed by atoms with Gasteiger partial charge in [0.1, 0.15) is 18.1 Å². The number of allylic oxidation sites excluding steroid dienone is 1. The first-order valence-corrected chi connectivity index (χ1v) is 17.9. The highest BCUT2D eigenvalue weighted by Crippen LogP contribution is 2.47. The number of nitrogens with one attached hydrogen (secondary N) is 1. The van der Waals surface area contributed by atoms with Gasteiger partial charge >= 0.3 is 0 Å². The second kappa shape index (κ2) is 16.2. The molecule has 2 aliphatic rings. The number of carbonyl (C=O) groups excluding carboxylic acids is 2. The molecule has 1 aliphatic heterocycles. The third-order valence-corrected chi connectivity index (χ3v) is 10.2. The van der Waals surface area contributed by atoms with Gasteiger partial charge in [-0.05, 0) is 102 Å². The highest BCUT2D eigenvalue weighted by atomic mass is 16.5. The number of aromatic hydroxyl groups is 1. The van der Waals surface area contributed by atoms with Crippen molar-refractivity contribution in [3.05, 3.63) is 162 Å². The standard InChI is InChI=1S/C45H42N2O6/c48-28-39-42(41(50)25-20-31(30-12-4-1-5-13-30)26-32-14-10-11-19-40(32)49)33(29-53-37-17-8-3-9-18-37)27-38-43(39)45(52)47(44(38)51)36-23-21-35(22-24-36)46-34-15-6-2-7-16-34/h1-19,21-24,26,38-39,41,43,46,48-50H,20,25,27-29H2/b31-26-/t38-,39+,41-,43-/m1/s1. The number of rotatable bonds is 13. The molecule has 5 aromatic rings. The smallest absolute Gasteiger partial charge is 0.238 e. The number of phenolic OH excluding ortho intramolecular Hbond substituents is 1. The van der Waals surface area contributed by atoms with Crippen LogP contribution in [0.25, 0.3) is 11.6 Å².